The average molecular weight is 315 g/mol. The Morgan fingerprint density at radius 3 is 2.74 bits per heavy atom. The number of nitrogens with zero attached hydrogens (tertiary/aromatic N) is 1. The van der Waals surface area contributed by atoms with E-state index >= 15 is 0 Å². The van der Waals surface area contributed by atoms with Crippen LogP contribution >= 0.6 is 0 Å². The lowest BCUT2D eigenvalue weighted by Gasteiger charge is -2.24. The van der Waals surface area contributed by atoms with Crippen molar-refractivity contribution in [2.24, 2.45) is 0 Å². The van der Waals surface area contributed by atoms with Gasteiger partial charge in [-0.3, -0.25) is 4.90 Å². The summed E-state index contributed by atoms with van der Waals surface area (Å²) in [5.41, 5.74) is 1.56. The minimum absolute atomic E-state index is 0.169. The van der Waals surface area contributed by atoms with Gasteiger partial charge in [0.05, 0.1) is 18.7 Å². The summed E-state index contributed by atoms with van der Waals surface area (Å²) in [5.74, 6) is -0.360. The van der Waals surface area contributed by atoms with Crippen LogP contribution in [0.15, 0.2) is 54.6 Å². The average Bonchev–Trinajstić information content (AvgIpc) is 2.96. The van der Waals surface area contributed by atoms with Gasteiger partial charge in [0.15, 0.2) is 0 Å². The lowest BCUT2D eigenvalue weighted by Crippen LogP contribution is -2.32. The van der Waals surface area contributed by atoms with Crippen molar-refractivity contribution in [1.29, 1.82) is 0 Å². The molecule has 3 rings (SSSR count). The van der Waals surface area contributed by atoms with Crippen molar-refractivity contribution in [3.8, 4) is 0 Å². The molecule has 2 unspecified atom stereocenters. The van der Waals surface area contributed by atoms with Crippen molar-refractivity contribution in [3.63, 3.8) is 0 Å². The maximum absolute atomic E-state index is 13.4. The third kappa shape index (κ3) is 3.68. The van der Waals surface area contributed by atoms with E-state index < -0.39 is 12.2 Å². The highest BCUT2D eigenvalue weighted by Gasteiger charge is 2.36. The van der Waals surface area contributed by atoms with Crippen LogP contribution in [-0.4, -0.2) is 28.7 Å². The fourth-order valence-electron chi connectivity index (χ4n) is 2.85. The maximum Gasteiger partial charge on any atom is 0.410 e. The zero-order valence-corrected chi connectivity index (χ0v) is 12.6. The smallest absolute Gasteiger partial charge is 0.410 e. The van der Waals surface area contributed by atoms with E-state index in [1.165, 1.54) is 17.0 Å². The first kappa shape index (κ1) is 15.5. The van der Waals surface area contributed by atoms with Gasteiger partial charge in [-0.1, -0.05) is 42.5 Å². The summed E-state index contributed by atoms with van der Waals surface area (Å²) in [6, 6.07) is 15.1. The van der Waals surface area contributed by atoms with E-state index in [1.807, 2.05) is 30.3 Å². The SMILES string of the molecule is O=C(OCc1ccccc1)N1CC(O)CC1c1cccc(F)c1. The van der Waals surface area contributed by atoms with Gasteiger partial charge in [0.2, 0.25) is 0 Å². The first-order chi connectivity index (χ1) is 11.1. The van der Waals surface area contributed by atoms with E-state index in [9.17, 15) is 14.3 Å². The predicted octanol–water partition coefficient (Wildman–Crippen LogP) is 3.27. The molecule has 120 valence electrons. The number of likely N-dealkylation sites (tertiary alicyclic amines) is 1. The van der Waals surface area contributed by atoms with Gasteiger partial charge in [-0.2, -0.15) is 0 Å². The molecule has 1 heterocycles. The molecule has 1 amide bonds. The number of aliphatic hydroxyl groups is 1. The fourth-order valence-corrected chi connectivity index (χ4v) is 2.85. The number of β-amino-alcohol motifs (C(OH)–C–C–N with tert-alkyl or cyclic N) is 1. The lowest BCUT2D eigenvalue weighted by atomic mass is 10.0. The second-order valence-corrected chi connectivity index (χ2v) is 5.65. The molecule has 0 spiro atoms. The molecule has 0 saturated carbocycles. The molecule has 23 heavy (non-hydrogen) atoms. The standard InChI is InChI=1S/C18H18FNO3/c19-15-8-4-7-14(9-15)17-10-16(21)11-20(17)18(22)23-12-13-5-2-1-3-6-13/h1-9,16-17,21H,10-12H2. The zero-order chi connectivity index (χ0) is 16.2. The number of hydrogen-bond donors (Lipinski definition) is 1. The zero-order valence-electron chi connectivity index (χ0n) is 12.6. The summed E-state index contributed by atoms with van der Waals surface area (Å²) >= 11 is 0. The Balaban J connectivity index is 1.70. The highest BCUT2D eigenvalue weighted by Crippen LogP contribution is 2.33. The van der Waals surface area contributed by atoms with E-state index in [4.69, 9.17) is 4.74 Å². The van der Waals surface area contributed by atoms with Gasteiger partial charge >= 0.3 is 6.09 Å². The van der Waals surface area contributed by atoms with Gasteiger partial charge < -0.3 is 9.84 Å². The van der Waals surface area contributed by atoms with E-state index in [1.54, 1.807) is 12.1 Å². The summed E-state index contributed by atoms with van der Waals surface area (Å²) in [5, 5.41) is 9.89. The summed E-state index contributed by atoms with van der Waals surface area (Å²) in [6.45, 7) is 0.358. The maximum atomic E-state index is 13.4. The molecule has 0 radical (unpaired) electrons. The number of benzene rings is 2. The van der Waals surface area contributed by atoms with Crippen LogP contribution in [0.3, 0.4) is 0 Å². The number of carbonyl (C=O) groups is 1. The molecule has 2 aromatic rings. The van der Waals surface area contributed by atoms with E-state index in [2.05, 4.69) is 0 Å². The largest absolute Gasteiger partial charge is 0.445 e. The quantitative estimate of drug-likeness (QED) is 0.946. The second-order valence-electron chi connectivity index (χ2n) is 5.65. The van der Waals surface area contributed by atoms with Crippen LogP contribution < -0.4 is 0 Å². The van der Waals surface area contributed by atoms with Crippen molar-refractivity contribution in [2.75, 3.05) is 6.54 Å². The Bertz CT molecular complexity index is 677. The number of ether oxygens (including phenoxy) is 1. The number of amides is 1. The van der Waals surface area contributed by atoms with Crippen LogP contribution in [0.2, 0.25) is 0 Å². The Kier molecular flexibility index (Phi) is 4.57. The molecular formula is C18H18FNO3. The fraction of sp³-hybridized carbons (Fsp3) is 0.278. The van der Waals surface area contributed by atoms with Crippen molar-refractivity contribution in [1.82, 2.24) is 4.90 Å². The Hall–Kier alpha value is -2.40. The van der Waals surface area contributed by atoms with Crippen LogP contribution in [0, 0.1) is 5.82 Å². The summed E-state index contributed by atoms with van der Waals surface area (Å²) in [4.78, 5) is 13.8. The third-order valence-corrected chi connectivity index (χ3v) is 3.95. The molecule has 0 aromatic heterocycles. The summed E-state index contributed by atoms with van der Waals surface area (Å²) < 4.78 is 18.7. The molecule has 0 bridgehead atoms. The number of hydrogen-bond acceptors (Lipinski definition) is 3. The van der Waals surface area contributed by atoms with Gasteiger partial charge in [-0.25, -0.2) is 9.18 Å². The number of carbonyl (C=O) groups excluding carboxylic acids is 1. The van der Waals surface area contributed by atoms with Crippen molar-refractivity contribution >= 4 is 6.09 Å². The highest BCUT2D eigenvalue weighted by atomic mass is 19.1. The predicted molar refractivity (Wildman–Crippen MR) is 83.1 cm³/mol. The van der Waals surface area contributed by atoms with Crippen LogP contribution in [0.25, 0.3) is 0 Å². The lowest BCUT2D eigenvalue weighted by molar-refractivity contribution is 0.0876. The molecule has 1 fully saturated rings. The molecule has 2 atom stereocenters. The molecule has 5 heteroatoms. The van der Waals surface area contributed by atoms with E-state index in [0.717, 1.165) is 5.56 Å². The number of aliphatic hydroxyl groups excluding tert-OH is 1. The monoisotopic (exact) mass is 315 g/mol. The molecule has 1 N–H and O–H groups in total. The topological polar surface area (TPSA) is 49.8 Å². The normalized spacial score (nSPS) is 20.5. The first-order valence-corrected chi connectivity index (χ1v) is 7.54. The highest BCUT2D eigenvalue weighted by molar-refractivity contribution is 5.69. The molecule has 1 aliphatic rings. The van der Waals surface area contributed by atoms with Gasteiger partial charge in [-0.15, -0.1) is 0 Å². The van der Waals surface area contributed by atoms with E-state index in [-0.39, 0.29) is 25.0 Å². The van der Waals surface area contributed by atoms with E-state index in [0.29, 0.717) is 12.0 Å². The van der Waals surface area contributed by atoms with Crippen molar-refractivity contribution < 1.29 is 19.0 Å². The van der Waals surface area contributed by atoms with Gasteiger partial charge in [0.1, 0.15) is 12.4 Å². The Labute approximate surface area is 134 Å². The van der Waals surface area contributed by atoms with Crippen molar-refractivity contribution in [2.45, 2.75) is 25.2 Å². The summed E-state index contributed by atoms with van der Waals surface area (Å²) in [7, 11) is 0. The molecular weight excluding hydrogens is 297 g/mol. The second kappa shape index (κ2) is 6.79. The van der Waals surface area contributed by atoms with Gasteiger partial charge in [-0.05, 0) is 29.7 Å². The van der Waals surface area contributed by atoms with Gasteiger partial charge in [0.25, 0.3) is 0 Å². The number of halogens is 1. The summed E-state index contributed by atoms with van der Waals surface area (Å²) in [6.07, 6.45) is -0.753. The van der Waals surface area contributed by atoms with Crippen LogP contribution in [-0.2, 0) is 11.3 Å². The Morgan fingerprint density at radius 2 is 2.00 bits per heavy atom. The Morgan fingerprint density at radius 1 is 1.22 bits per heavy atom. The third-order valence-electron chi connectivity index (χ3n) is 3.95. The van der Waals surface area contributed by atoms with Crippen LogP contribution in [0.1, 0.15) is 23.6 Å². The first-order valence-electron chi connectivity index (χ1n) is 7.54. The molecule has 2 aromatic carbocycles. The van der Waals surface area contributed by atoms with Crippen molar-refractivity contribution in [3.05, 3.63) is 71.5 Å². The molecule has 0 aliphatic carbocycles. The molecule has 1 saturated heterocycles. The minimum Gasteiger partial charge on any atom is -0.445 e. The van der Waals surface area contributed by atoms with Crippen LogP contribution in [0.4, 0.5) is 9.18 Å². The molecule has 4 nitrogen and oxygen atoms in total. The number of rotatable bonds is 3. The molecule has 1 aliphatic heterocycles. The van der Waals surface area contributed by atoms with Gasteiger partial charge in [0, 0.05) is 0 Å². The minimum atomic E-state index is -0.632. The van der Waals surface area contributed by atoms with Crippen LogP contribution in [0.5, 0.6) is 0 Å².